The average molecular weight is 361 g/mol. The number of anilines is 2. The van der Waals surface area contributed by atoms with E-state index in [9.17, 15) is 4.79 Å². The molecule has 0 atom stereocenters. The van der Waals surface area contributed by atoms with Gasteiger partial charge < -0.3 is 10.6 Å². The predicted molar refractivity (Wildman–Crippen MR) is 107 cm³/mol. The van der Waals surface area contributed by atoms with Crippen molar-refractivity contribution in [3.63, 3.8) is 0 Å². The molecule has 0 radical (unpaired) electrons. The first-order valence-corrected chi connectivity index (χ1v) is 8.92. The Morgan fingerprint density at radius 1 is 1.04 bits per heavy atom. The van der Waals surface area contributed by atoms with Crippen molar-refractivity contribution >= 4 is 17.4 Å². The number of hydrogen-bond acceptors (Lipinski definition) is 5. The number of nitrogens with zero attached hydrogens (tertiary/aromatic N) is 3. The fraction of sp³-hybridized carbons (Fsp3) is 0.238. The van der Waals surface area contributed by atoms with Crippen LogP contribution in [0.1, 0.15) is 46.9 Å². The molecule has 2 heterocycles. The molecule has 2 aromatic heterocycles. The lowest BCUT2D eigenvalue weighted by molar-refractivity contribution is 0.102. The average Bonchev–Trinajstić information content (AvgIpc) is 2.69. The Hall–Kier alpha value is -3.28. The number of hydrogen-bond donors (Lipinski definition) is 2. The van der Waals surface area contributed by atoms with E-state index in [0.29, 0.717) is 18.3 Å². The van der Waals surface area contributed by atoms with Crippen molar-refractivity contribution in [2.75, 3.05) is 10.6 Å². The summed E-state index contributed by atoms with van der Waals surface area (Å²) in [5.74, 6) is 0.660. The second kappa shape index (κ2) is 8.40. The van der Waals surface area contributed by atoms with Gasteiger partial charge in [-0.1, -0.05) is 32.0 Å². The van der Waals surface area contributed by atoms with Gasteiger partial charge in [-0.25, -0.2) is 0 Å². The number of carbonyl (C=O) groups excluding carboxylic acids is 1. The number of aromatic nitrogens is 3. The monoisotopic (exact) mass is 361 g/mol. The van der Waals surface area contributed by atoms with Crippen molar-refractivity contribution in [1.29, 1.82) is 0 Å². The maximum atomic E-state index is 12.6. The predicted octanol–water partition coefficient (Wildman–Crippen LogP) is 4.17. The van der Waals surface area contributed by atoms with Gasteiger partial charge in [0.15, 0.2) is 5.69 Å². The van der Waals surface area contributed by atoms with E-state index in [1.807, 2.05) is 37.3 Å². The first kappa shape index (κ1) is 18.5. The highest BCUT2D eigenvalue weighted by atomic mass is 16.1. The number of carbonyl (C=O) groups is 1. The van der Waals surface area contributed by atoms with Gasteiger partial charge in [0.1, 0.15) is 5.82 Å². The van der Waals surface area contributed by atoms with Gasteiger partial charge in [-0.05, 0) is 53.8 Å². The molecule has 0 saturated carbocycles. The SMILES string of the molecule is Cc1cccc(C(C)C)c1NC(=O)c1ccc(NCc2ccncc2)nn1. The number of aryl methyl sites for hydroxylation is 1. The first-order chi connectivity index (χ1) is 13.0. The molecule has 3 rings (SSSR count). The fourth-order valence-electron chi connectivity index (χ4n) is 2.76. The van der Waals surface area contributed by atoms with E-state index >= 15 is 0 Å². The Balaban J connectivity index is 1.68. The minimum atomic E-state index is -0.264. The summed E-state index contributed by atoms with van der Waals surface area (Å²) in [5.41, 5.74) is 4.35. The maximum absolute atomic E-state index is 12.6. The summed E-state index contributed by atoms with van der Waals surface area (Å²) < 4.78 is 0. The van der Waals surface area contributed by atoms with Crippen LogP contribution in [0.5, 0.6) is 0 Å². The summed E-state index contributed by atoms with van der Waals surface area (Å²) in [5, 5.41) is 14.3. The van der Waals surface area contributed by atoms with Crippen molar-refractivity contribution in [2.45, 2.75) is 33.2 Å². The second-order valence-corrected chi connectivity index (χ2v) is 6.66. The molecule has 6 nitrogen and oxygen atoms in total. The molecule has 0 saturated heterocycles. The van der Waals surface area contributed by atoms with Gasteiger partial charge in [-0.15, -0.1) is 10.2 Å². The largest absolute Gasteiger partial charge is 0.365 e. The van der Waals surface area contributed by atoms with Crippen LogP contribution < -0.4 is 10.6 Å². The lowest BCUT2D eigenvalue weighted by Gasteiger charge is -2.16. The topological polar surface area (TPSA) is 79.8 Å². The Labute approximate surface area is 159 Å². The van der Waals surface area contributed by atoms with Crippen molar-refractivity contribution in [3.05, 3.63) is 77.2 Å². The van der Waals surface area contributed by atoms with Crippen LogP contribution in [0.4, 0.5) is 11.5 Å². The molecule has 0 aliphatic rings. The van der Waals surface area contributed by atoms with E-state index in [-0.39, 0.29) is 11.6 Å². The highest BCUT2D eigenvalue weighted by Gasteiger charge is 2.14. The molecule has 2 N–H and O–H groups in total. The van der Waals surface area contributed by atoms with Crippen LogP contribution in [0, 0.1) is 6.92 Å². The number of amides is 1. The molecule has 27 heavy (non-hydrogen) atoms. The third-order valence-electron chi connectivity index (χ3n) is 4.29. The van der Waals surface area contributed by atoms with Crippen molar-refractivity contribution in [1.82, 2.24) is 15.2 Å². The molecule has 6 heteroatoms. The van der Waals surface area contributed by atoms with Gasteiger partial charge in [0.05, 0.1) is 0 Å². The highest BCUT2D eigenvalue weighted by molar-refractivity contribution is 6.03. The van der Waals surface area contributed by atoms with E-state index < -0.39 is 0 Å². The van der Waals surface area contributed by atoms with E-state index in [0.717, 1.165) is 22.4 Å². The molecule has 0 fully saturated rings. The van der Waals surface area contributed by atoms with Gasteiger partial charge in [-0.3, -0.25) is 9.78 Å². The van der Waals surface area contributed by atoms with Crippen LogP contribution in [0.15, 0.2) is 54.9 Å². The number of para-hydroxylation sites is 1. The van der Waals surface area contributed by atoms with Crippen LogP contribution in [-0.2, 0) is 6.54 Å². The molecule has 1 aromatic carbocycles. The van der Waals surface area contributed by atoms with Gasteiger partial charge in [0.25, 0.3) is 5.91 Å². The van der Waals surface area contributed by atoms with E-state index in [1.54, 1.807) is 24.5 Å². The van der Waals surface area contributed by atoms with Crippen LogP contribution in [0.2, 0.25) is 0 Å². The van der Waals surface area contributed by atoms with Crippen LogP contribution in [-0.4, -0.2) is 21.1 Å². The van der Waals surface area contributed by atoms with Crippen molar-refractivity contribution < 1.29 is 4.79 Å². The van der Waals surface area contributed by atoms with Gasteiger partial charge in [0, 0.05) is 24.6 Å². The van der Waals surface area contributed by atoms with Gasteiger partial charge in [0.2, 0.25) is 0 Å². The lowest BCUT2D eigenvalue weighted by atomic mass is 9.98. The summed E-state index contributed by atoms with van der Waals surface area (Å²) in [4.78, 5) is 16.6. The zero-order valence-electron chi connectivity index (χ0n) is 15.7. The molecule has 0 spiro atoms. The lowest BCUT2D eigenvalue weighted by Crippen LogP contribution is -2.17. The van der Waals surface area contributed by atoms with Gasteiger partial charge >= 0.3 is 0 Å². The van der Waals surface area contributed by atoms with Crippen LogP contribution in [0.3, 0.4) is 0 Å². The Bertz CT molecular complexity index is 908. The summed E-state index contributed by atoms with van der Waals surface area (Å²) >= 11 is 0. The van der Waals surface area contributed by atoms with Crippen molar-refractivity contribution in [3.8, 4) is 0 Å². The summed E-state index contributed by atoms with van der Waals surface area (Å²) in [7, 11) is 0. The molecule has 3 aromatic rings. The quantitative estimate of drug-likeness (QED) is 0.689. The minimum Gasteiger partial charge on any atom is -0.365 e. The van der Waals surface area contributed by atoms with E-state index in [1.165, 1.54) is 0 Å². The smallest absolute Gasteiger partial charge is 0.276 e. The fourth-order valence-corrected chi connectivity index (χ4v) is 2.76. The first-order valence-electron chi connectivity index (χ1n) is 8.92. The third-order valence-corrected chi connectivity index (χ3v) is 4.29. The third kappa shape index (κ3) is 4.67. The Kier molecular flexibility index (Phi) is 5.76. The highest BCUT2D eigenvalue weighted by Crippen LogP contribution is 2.27. The number of benzene rings is 1. The molecule has 1 amide bonds. The Morgan fingerprint density at radius 3 is 2.48 bits per heavy atom. The van der Waals surface area contributed by atoms with E-state index in [2.05, 4.69) is 39.7 Å². The standard InChI is InChI=1S/C21H23N5O/c1-14(2)17-6-4-5-15(3)20(17)24-21(27)18-7-8-19(26-25-18)23-13-16-9-11-22-12-10-16/h4-12,14H,13H2,1-3H3,(H,23,26)(H,24,27). The molecule has 0 unspecified atom stereocenters. The molecule has 0 aliphatic carbocycles. The maximum Gasteiger partial charge on any atom is 0.276 e. The Morgan fingerprint density at radius 2 is 1.81 bits per heavy atom. The van der Waals surface area contributed by atoms with Gasteiger partial charge in [-0.2, -0.15) is 0 Å². The zero-order valence-corrected chi connectivity index (χ0v) is 15.7. The second-order valence-electron chi connectivity index (χ2n) is 6.66. The molecular weight excluding hydrogens is 338 g/mol. The minimum absolute atomic E-state index is 0.264. The van der Waals surface area contributed by atoms with E-state index in [4.69, 9.17) is 0 Å². The summed E-state index contributed by atoms with van der Waals surface area (Å²) in [6.07, 6.45) is 3.49. The molecular formula is C21H23N5O. The number of rotatable bonds is 6. The normalized spacial score (nSPS) is 10.7. The summed E-state index contributed by atoms with van der Waals surface area (Å²) in [6, 6.07) is 13.3. The molecule has 0 aliphatic heterocycles. The van der Waals surface area contributed by atoms with Crippen molar-refractivity contribution in [2.24, 2.45) is 0 Å². The number of pyridine rings is 1. The zero-order chi connectivity index (χ0) is 19.2. The molecule has 0 bridgehead atoms. The van der Waals surface area contributed by atoms with Crippen LogP contribution >= 0.6 is 0 Å². The summed E-state index contributed by atoms with van der Waals surface area (Å²) in [6.45, 7) is 6.81. The molecule has 138 valence electrons. The number of nitrogens with one attached hydrogen (secondary N) is 2. The van der Waals surface area contributed by atoms with Crippen LogP contribution in [0.25, 0.3) is 0 Å².